The van der Waals surface area contributed by atoms with E-state index in [-0.39, 0.29) is 0 Å². The first-order chi connectivity index (χ1) is 5.35. The molecule has 1 aromatic rings. The van der Waals surface area contributed by atoms with Crippen molar-refractivity contribution in [3.8, 4) is 0 Å². The summed E-state index contributed by atoms with van der Waals surface area (Å²) in [6.45, 7) is 4.25. The Kier molecular flexibility index (Phi) is 7.31. The van der Waals surface area contributed by atoms with E-state index >= 15 is 0 Å². The molecule has 0 saturated carbocycles. The van der Waals surface area contributed by atoms with E-state index in [4.69, 9.17) is 5.14 Å². The van der Waals surface area contributed by atoms with Crippen LogP contribution in [0.15, 0.2) is 35.2 Å². The van der Waals surface area contributed by atoms with Gasteiger partial charge in [-0.2, -0.15) is 0 Å². The van der Waals surface area contributed by atoms with Gasteiger partial charge in [0.05, 0.1) is 0 Å². The van der Waals surface area contributed by atoms with Gasteiger partial charge in [0.15, 0.2) is 0 Å². The van der Waals surface area contributed by atoms with Crippen molar-refractivity contribution in [1.82, 2.24) is 0 Å². The van der Waals surface area contributed by atoms with Gasteiger partial charge in [-0.15, -0.1) is 0 Å². The maximum atomic E-state index is 5.27. The van der Waals surface area contributed by atoms with Crippen LogP contribution in [0.1, 0.15) is 20.3 Å². The Morgan fingerprint density at radius 3 is 1.91 bits per heavy atom. The lowest BCUT2D eigenvalue weighted by Gasteiger charge is -1.88. The summed E-state index contributed by atoms with van der Waals surface area (Å²) in [6.07, 6.45) is 1.25. The van der Waals surface area contributed by atoms with E-state index in [0.717, 1.165) is 4.90 Å². The fourth-order valence-electron chi connectivity index (χ4n) is 0.499. The highest BCUT2D eigenvalue weighted by molar-refractivity contribution is 7.97. The van der Waals surface area contributed by atoms with Crippen molar-refractivity contribution >= 4 is 11.9 Å². The van der Waals surface area contributed by atoms with Crippen LogP contribution >= 0.6 is 11.9 Å². The fourth-order valence-corrected chi connectivity index (χ4v) is 0.813. The van der Waals surface area contributed by atoms with Crippen molar-refractivity contribution in [1.29, 1.82) is 0 Å². The second-order valence-electron chi connectivity index (χ2n) is 2.14. The van der Waals surface area contributed by atoms with E-state index in [1.54, 1.807) is 0 Å². The van der Waals surface area contributed by atoms with Gasteiger partial charge in [-0.3, -0.25) is 5.14 Å². The molecule has 0 heterocycles. The van der Waals surface area contributed by atoms with Crippen LogP contribution < -0.4 is 5.14 Å². The molecular weight excluding hydrogens is 154 g/mol. The molecule has 11 heavy (non-hydrogen) atoms. The minimum Gasteiger partial charge on any atom is -0.274 e. The monoisotopic (exact) mass is 169 g/mol. The maximum absolute atomic E-state index is 5.27. The Hall–Kier alpha value is -0.470. The van der Waals surface area contributed by atoms with Crippen molar-refractivity contribution in [3.05, 3.63) is 30.3 Å². The number of rotatable bonds is 1. The lowest BCUT2D eigenvalue weighted by atomic mass is 10.4. The third-order valence-corrected chi connectivity index (χ3v) is 1.42. The van der Waals surface area contributed by atoms with Crippen molar-refractivity contribution in [2.45, 2.75) is 25.2 Å². The first kappa shape index (κ1) is 10.5. The summed E-state index contributed by atoms with van der Waals surface area (Å²) in [5.74, 6) is 0. The summed E-state index contributed by atoms with van der Waals surface area (Å²) in [5.41, 5.74) is 0. The van der Waals surface area contributed by atoms with Gasteiger partial charge in [-0.05, 0) is 24.1 Å². The molecule has 0 aromatic heterocycles. The van der Waals surface area contributed by atoms with Crippen LogP contribution in [-0.4, -0.2) is 0 Å². The van der Waals surface area contributed by atoms with Gasteiger partial charge < -0.3 is 0 Å². The Labute approximate surface area is 73.1 Å². The molecule has 2 N–H and O–H groups in total. The molecule has 0 aliphatic heterocycles. The zero-order valence-electron chi connectivity index (χ0n) is 7.08. The van der Waals surface area contributed by atoms with E-state index in [1.807, 2.05) is 30.3 Å². The lowest BCUT2D eigenvalue weighted by Crippen LogP contribution is -1.75. The Bertz CT molecular complexity index is 162. The standard InChI is InChI=1S/C6H7NS.C3H8/c7-8-6-4-2-1-3-5-6;1-3-2/h1-5H,7H2;3H2,1-2H3. The smallest absolute Gasteiger partial charge is 0.0225 e. The lowest BCUT2D eigenvalue weighted by molar-refractivity contribution is 1.09. The molecule has 0 spiro atoms. The summed E-state index contributed by atoms with van der Waals surface area (Å²) >= 11 is 1.27. The molecule has 1 aromatic carbocycles. The zero-order valence-corrected chi connectivity index (χ0v) is 7.90. The second-order valence-corrected chi connectivity index (χ2v) is 2.85. The first-order valence-corrected chi connectivity index (χ1v) is 4.64. The number of nitrogens with two attached hydrogens (primary N) is 1. The number of benzene rings is 1. The van der Waals surface area contributed by atoms with E-state index < -0.39 is 0 Å². The van der Waals surface area contributed by atoms with Gasteiger partial charge in [-0.1, -0.05) is 38.5 Å². The van der Waals surface area contributed by atoms with Crippen molar-refractivity contribution in [2.24, 2.45) is 5.14 Å². The number of hydrogen-bond acceptors (Lipinski definition) is 2. The molecule has 0 aliphatic rings. The minimum absolute atomic E-state index is 1.10. The topological polar surface area (TPSA) is 26.0 Å². The van der Waals surface area contributed by atoms with Crippen LogP contribution in [0.3, 0.4) is 0 Å². The normalized spacial score (nSPS) is 8.27. The molecule has 62 valence electrons. The van der Waals surface area contributed by atoms with Crippen LogP contribution in [0.2, 0.25) is 0 Å². The van der Waals surface area contributed by atoms with E-state index in [2.05, 4.69) is 13.8 Å². The molecule has 1 nitrogen and oxygen atoms in total. The highest BCUT2D eigenvalue weighted by Crippen LogP contribution is 2.08. The van der Waals surface area contributed by atoms with E-state index in [9.17, 15) is 0 Å². The quantitative estimate of drug-likeness (QED) is 0.654. The summed E-state index contributed by atoms with van der Waals surface area (Å²) in [4.78, 5) is 1.10. The molecule has 2 heteroatoms. The molecule has 0 aliphatic carbocycles. The molecule has 0 amide bonds. The fraction of sp³-hybridized carbons (Fsp3) is 0.333. The maximum Gasteiger partial charge on any atom is 0.0225 e. The van der Waals surface area contributed by atoms with Crippen LogP contribution in [-0.2, 0) is 0 Å². The molecule has 0 bridgehead atoms. The zero-order chi connectivity index (χ0) is 8.53. The predicted octanol–water partition coefficient (Wildman–Crippen LogP) is 3.07. The van der Waals surface area contributed by atoms with Gasteiger partial charge in [0.2, 0.25) is 0 Å². The summed E-state index contributed by atoms with van der Waals surface area (Å²) in [5, 5.41) is 5.27. The van der Waals surface area contributed by atoms with Crippen LogP contribution in [0.5, 0.6) is 0 Å². The predicted molar refractivity (Wildman–Crippen MR) is 52.5 cm³/mol. The Balaban J connectivity index is 0.000000292. The molecule has 0 fully saturated rings. The summed E-state index contributed by atoms with van der Waals surface area (Å²) < 4.78 is 0. The van der Waals surface area contributed by atoms with Gasteiger partial charge in [-0.25, -0.2) is 0 Å². The third-order valence-electron chi connectivity index (χ3n) is 0.879. The van der Waals surface area contributed by atoms with Crippen molar-refractivity contribution < 1.29 is 0 Å². The average Bonchev–Trinajstić information content (AvgIpc) is 2.08. The van der Waals surface area contributed by atoms with Crippen LogP contribution in [0.25, 0.3) is 0 Å². The van der Waals surface area contributed by atoms with Crippen LogP contribution in [0.4, 0.5) is 0 Å². The largest absolute Gasteiger partial charge is 0.274 e. The first-order valence-electron chi connectivity index (χ1n) is 3.76. The number of hydrogen-bond donors (Lipinski definition) is 1. The van der Waals surface area contributed by atoms with Gasteiger partial charge >= 0.3 is 0 Å². The molecule has 0 atom stereocenters. The molecule has 0 unspecified atom stereocenters. The van der Waals surface area contributed by atoms with Crippen molar-refractivity contribution in [2.75, 3.05) is 0 Å². The Morgan fingerprint density at radius 1 is 1.18 bits per heavy atom. The molecule has 0 saturated heterocycles. The van der Waals surface area contributed by atoms with Gasteiger partial charge in [0.1, 0.15) is 0 Å². The average molecular weight is 169 g/mol. The third kappa shape index (κ3) is 5.95. The second kappa shape index (κ2) is 7.63. The summed E-state index contributed by atoms with van der Waals surface area (Å²) in [7, 11) is 0. The highest BCUT2D eigenvalue weighted by atomic mass is 32.2. The summed E-state index contributed by atoms with van der Waals surface area (Å²) in [6, 6.07) is 9.86. The van der Waals surface area contributed by atoms with E-state index in [1.165, 1.54) is 18.4 Å². The van der Waals surface area contributed by atoms with Gasteiger partial charge in [0.25, 0.3) is 0 Å². The molecular formula is C9H15NS. The van der Waals surface area contributed by atoms with E-state index in [0.29, 0.717) is 0 Å². The Morgan fingerprint density at radius 2 is 1.64 bits per heavy atom. The van der Waals surface area contributed by atoms with Crippen molar-refractivity contribution in [3.63, 3.8) is 0 Å². The SMILES string of the molecule is CCC.NSc1ccccc1. The highest BCUT2D eigenvalue weighted by Gasteiger charge is 1.81. The van der Waals surface area contributed by atoms with Gasteiger partial charge in [0, 0.05) is 4.90 Å². The molecule has 0 radical (unpaired) electrons. The molecule has 1 rings (SSSR count). The van der Waals surface area contributed by atoms with Crippen LogP contribution in [0, 0.1) is 0 Å². The minimum atomic E-state index is 1.10.